The van der Waals surface area contributed by atoms with E-state index in [2.05, 4.69) is 34.1 Å². The van der Waals surface area contributed by atoms with Crippen molar-refractivity contribution >= 4 is 0 Å². The molecule has 0 N–H and O–H groups in total. The van der Waals surface area contributed by atoms with E-state index < -0.39 is 0 Å². The van der Waals surface area contributed by atoms with Gasteiger partial charge in [0.1, 0.15) is 18.7 Å². The van der Waals surface area contributed by atoms with E-state index in [4.69, 9.17) is 9.26 Å². The maximum atomic E-state index is 5.83. The third-order valence-electron chi connectivity index (χ3n) is 3.22. The minimum absolute atomic E-state index is 0.363. The lowest BCUT2D eigenvalue weighted by molar-refractivity contribution is 0.282. The summed E-state index contributed by atoms with van der Waals surface area (Å²) in [4.78, 5) is 8.47. The number of aromatic nitrogens is 5. The van der Waals surface area contributed by atoms with Gasteiger partial charge < -0.3 is 9.26 Å². The molecule has 3 aromatic rings. The summed E-state index contributed by atoms with van der Waals surface area (Å²) in [6.45, 7) is 7.23. The molecule has 0 atom stereocenters. The monoisotopic (exact) mass is 313 g/mol. The van der Waals surface area contributed by atoms with E-state index in [1.165, 1.54) is 0 Å². The Bertz CT molecular complexity index is 778. The fraction of sp³-hybridized carbons (Fsp3) is 0.375. The molecule has 2 aromatic heterocycles. The second kappa shape index (κ2) is 6.60. The van der Waals surface area contributed by atoms with E-state index >= 15 is 0 Å². The van der Waals surface area contributed by atoms with Gasteiger partial charge in [0.15, 0.2) is 5.82 Å². The summed E-state index contributed by atoms with van der Waals surface area (Å²) in [6, 6.07) is 7.58. The maximum absolute atomic E-state index is 5.83. The smallest absolute Gasteiger partial charge is 0.223 e. The Morgan fingerprint density at radius 2 is 2.17 bits per heavy atom. The van der Waals surface area contributed by atoms with E-state index in [0.717, 1.165) is 23.7 Å². The van der Waals surface area contributed by atoms with E-state index in [9.17, 15) is 0 Å². The van der Waals surface area contributed by atoms with Gasteiger partial charge in [-0.2, -0.15) is 10.1 Å². The van der Waals surface area contributed by atoms with Crippen molar-refractivity contribution in [1.82, 2.24) is 24.9 Å². The van der Waals surface area contributed by atoms with Gasteiger partial charge in [0.2, 0.25) is 11.7 Å². The van der Waals surface area contributed by atoms with Crippen molar-refractivity contribution in [3.05, 3.63) is 42.3 Å². The molecule has 0 saturated heterocycles. The topological polar surface area (TPSA) is 78.9 Å². The van der Waals surface area contributed by atoms with Gasteiger partial charge in [0.05, 0.1) is 0 Å². The Hall–Kier alpha value is -2.70. The van der Waals surface area contributed by atoms with Crippen LogP contribution in [0.15, 0.2) is 35.1 Å². The number of aryl methyl sites for hydroxylation is 1. The molecule has 0 spiro atoms. The van der Waals surface area contributed by atoms with Crippen LogP contribution in [0, 0.1) is 12.8 Å². The lowest BCUT2D eigenvalue weighted by Gasteiger charge is -2.10. The number of rotatable bonds is 6. The SMILES string of the molecule is Cc1nc(-c2cccc(OCc3ncnn3CC(C)C)c2)no1. The summed E-state index contributed by atoms with van der Waals surface area (Å²) >= 11 is 0. The van der Waals surface area contributed by atoms with Gasteiger partial charge in [0.25, 0.3) is 0 Å². The second-order valence-corrected chi connectivity index (χ2v) is 5.71. The Labute approximate surface area is 134 Å². The molecule has 0 saturated carbocycles. The predicted molar refractivity (Wildman–Crippen MR) is 83.7 cm³/mol. The van der Waals surface area contributed by atoms with Crippen molar-refractivity contribution in [3.8, 4) is 17.1 Å². The van der Waals surface area contributed by atoms with E-state index in [-0.39, 0.29) is 0 Å². The van der Waals surface area contributed by atoms with Crippen LogP contribution in [0.5, 0.6) is 5.75 Å². The Kier molecular flexibility index (Phi) is 4.36. The highest BCUT2D eigenvalue weighted by Gasteiger charge is 2.09. The average molecular weight is 313 g/mol. The molecule has 0 bridgehead atoms. The molecule has 3 rings (SSSR count). The first-order valence-electron chi connectivity index (χ1n) is 7.52. The third kappa shape index (κ3) is 3.74. The fourth-order valence-corrected chi connectivity index (χ4v) is 2.19. The van der Waals surface area contributed by atoms with Gasteiger partial charge in [-0.3, -0.25) is 0 Å². The molecule has 2 heterocycles. The summed E-state index contributed by atoms with van der Waals surface area (Å²) in [5.41, 5.74) is 0.850. The standard InChI is InChI=1S/C16H19N5O2/c1-11(2)8-21-15(17-10-18-21)9-22-14-6-4-5-13(7-14)16-19-12(3)23-20-16/h4-7,10-11H,8-9H2,1-3H3. The minimum Gasteiger partial charge on any atom is -0.486 e. The summed E-state index contributed by atoms with van der Waals surface area (Å²) in [6.07, 6.45) is 1.56. The molecular weight excluding hydrogens is 294 g/mol. The zero-order valence-electron chi connectivity index (χ0n) is 13.4. The number of benzene rings is 1. The second-order valence-electron chi connectivity index (χ2n) is 5.71. The first kappa shape index (κ1) is 15.2. The first-order valence-corrected chi connectivity index (χ1v) is 7.52. The summed E-state index contributed by atoms with van der Waals surface area (Å²) in [7, 11) is 0. The highest BCUT2D eigenvalue weighted by molar-refractivity contribution is 5.56. The zero-order valence-corrected chi connectivity index (χ0v) is 13.4. The maximum Gasteiger partial charge on any atom is 0.223 e. The van der Waals surface area contributed by atoms with Crippen molar-refractivity contribution in [3.63, 3.8) is 0 Å². The van der Waals surface area contributed by atoms with Crippen LogP contribution in [0.3, 0.4) is 0 Å². The van der Waals surface area contributed by atoms with Crippen molar-refractivity contribution < 1.29 is 9.26 Å². The number of hydrogen-bond acceptors (Lipinski definition) is 6. The Morgan fingerprint density at radius 3 is 2.91 bits per heavy atom. The molecule has 120 valence electrons. The molecule has 0 radical (unpaired) electrons. The molecule has 0 aliphatic carbocycles. The minimum atomic E-state index is 0.363. The molecule has 0 fully saturated rings. The molecule has 7 heteroatoms. The third-order valence-corrected chi connectivity index (χ3v) is 3.22. The molecular formula is C16H19N5O2. The van der Waals surface area contributed by atoms with Crippen LogP contribution in [0.4, 0.5) is 0 Å². The van der Waals surface area contributed by atoms with Crippen LogP contribution in [-0.4, -0.2) is 24.9 Å². The quantitative estimate of drug-likeness (QED) is 0.696. The Morgan fingerprint density at radius 1 is 1.30 bits per heavy atom. The summed E-state index contributed by atoms with van der Waals surface area (Å²) in [5.74, 6) is 3.12. The molecule has 0 aliphatic rings. The molecule has 0 aliphatic heterocycles. The summed E-state index contributed by atoms with van der Waals surface area (Å²) < 4.78 is 12.7. The molecule has 0 amide bonds. The van der Waals surface area contributed by atoms with Gasteiger partial charge in [-0.05, 0) is 18.1 Å². The van der Waals surface area contributed by atoms with Crippen molar-refractivity contribution in [1.29, 1.82) is 0 Å². The molecule has 23 heavy (non-hydrogen) atoms. The number of ether oxygens (including phenoxy) is 1. The highest BCUT2D eigenvalue weighted by atomic mass is 16.5. The van der Waals surface area contributed by atoms with Gasteiger partial charge in [-0.25, -0.2) is 9.67 Å². The lowest BCUT2D eigenvalue weighted by Crippen LogP contribution is -2.12. The Balaban J connectivity index is 1.70. The summed E-state index contributed by atoms with van der Waals surface area (Å²) in [5, 5.41) is 8.15. The van der Waals surface area contributed by atoms with Crippen molar-refractivity contribution in [2.75, 3.05) is 0 Å². The first-order chi connectivity index (χ1) is 11.1. The molecule has 7 nitrogen and oxygen atoms in total. The van der Waals surface area contributed by atoms with Gasteiger partial charge in [-0.15, -0.1) is 0 Å². The van der Waals surface area contributed by atoms with Crippen LogP contribution < -0.4 is 4.74 Å². The van der Waals surface area contributed by atoms with E-state index in [1.54, 1.807) is 13.3 Å². The van der Waals surface area contributed by atoms with Crippen molar-refractivity contribution in [2.45, 2.75) is 33.9 Å². The highest BCUT2D eigenvalue weighted by Crippen LogP contribution is 2.22. The van der Waals surface area contributed by atoms with Crippen molar-refractivity contribution in [2.24, 2.45) is 5.92 Å². The fourth-order valence-electron chi connectivity index (χ4n) is 2.19. The van der Waals surface area contributed by atoms with Gasteiger partial charge >= 0.3 is 0 Å². The van der Waals surface area contributed by atoms with Crippen LogP contribution >= 0.6 is 0 Å². The van der Waals surface area contributed by atoms with Gasteiger partial charge in [-0.1, -0.05) is 31.1 Å². The molecule has 1 aromatic carbocycles. The average Bonchev–Trinajstić information content (AvgIpc) is 3.14. The van der Waals surface area contributed by atoms with Crippen LogP contribution in [0.25, 0.3) is 11.4 Å². The molecule has 0 unspecified atom stereocenters. The van der Waals surface area contributed by atoms with E-state index in [0.29, 0.717) is 24.2 Å². The largest absolute Gasteiger partial charge is 0.486 e. The predicted octanol–water partition coefficient (Wildman–Crippen LogP) is 2.87. The van der Waals surface area contributed by atoms with E-state index in [1.807, 2.05) is 28.9 Å². The number of hydrogen-bond donors (Lipinski definition) is 0. The lowest BCUT2D eigenvalue weighted by atomic mass is 10.2. The number of nitrogens with zero attached hydrogens (tertiary/aromatic N) is 5. The van der Waals surface area contributed by atoms with Crippen LogP contribution in [0.2, 0.25) is 0 Å². The van der Waals surface area contributed by atoms with Crippen LogP contribution in [0.1, 0.15) is 25.6 Å². The normalized spacial score (nSPS) is 11.1. The zero-order chi connectivity index (χ0) is 16.2. The van der Waals surface area contributed by atoms with Gasteiger partial charge in [0, 0.05) is 19.0 Å². The van der Waals surface area contributed by atoms with Crippen LogP contribution in [-0.2, 0) is 13.2 Å².